The van der Waals surface area contributed by atoms with E-state index in [1.807, 2.05) is 0 Å². The lowest BCUT2D eigenvalue weighted by molar-refractivity contribution is 0.0272. The van der Waals surface area contributed by atoms with Crippen LogP contribution in [0.1, 0.15) is 72.1 Å². The molecule has 2 heteroatoms. The first-order valence-corrected chi connectivity index (χ1v) is 7.58. The molecule has 0 aliphatic rings. The van der Waals surface area contributed by atoms with Gasteiger partial charge in [0.2, 0.25) is 0 Å². The van der Waals surface area contributed by atoms with Gasteiger partial charge in [0, 0.05) is 12.6 Å². The summed E-state index contributed by atoms with van der Waals surface area (Å²) in [6.45, 7) is 7.43. The van der Waals surface area contributed by atoms with E-state index in [4.69, 9.17) is 4.74 Å². The van der Waals surface area contributed by atoms with Gasteiger partial charge in [-0.1, -0.05) is 52.4 Å². The molecule has 104 valence electrons. The second-order valence-corrected chi connectivity index (χ2v) is 4.88. The molecule has 0 bridgehead atoms. The summed E-state index contributed by atoms with van der Waals surface area (Å²) >= 11 is 0. The van der Waals surface area contributed by atoms with E-state index in [1.54, 1.807) is 0 Å². The minimum absolute atomic E-state index is 0.404. The second-order valence-electron chi connectivity index (χ2n) is 4.88. The molecule has 0 aromatic carbocycles. The van der Waals surface area contributed by atoms with Crippen molar-refractivity contribution in [3.8, 4) is 0 Å². The van der Waals surface area contributed by atoms with Crippen LogP contribution >= 0.6 is 0 Å². The fourth-order valence-corrected chi connectivity index (χ4v) is 2.38. The molecule has 0 saturated carbocycles. The average molecular weight is 243 g/mol. The van der Waals surface area contributed by atoms with Crippen LogP contribution in [0.3, 0.4) is 0 Å². The normalized spacial score (nSPS) is 14.8. The van der Waals surface area contributed by atoms with E-state index in [0.717, 1.165) is 6.61 Å². The fraction of sp³-hybridized carbons (Fsp3) is 1.00. The number of likely N-dealkylation sites (N-methyl/N-ethyl adjacent to an activating group) is 1. The zero-order valence-electron chi connectivity index (χ0n) is 12.4. The van der Waals surface area contributed by atoms with E-state index >= 15 is 0 Å². The molecule has 0 aromatic heterocycles. The Kier molecular flexibility index (Phi) is 12.3. The number of nitrogens with one attached hydrogen (secondary N) is 1. The standard InChI is InChI=1S/C15H33NO/c1-5-8-9-10-11-13-14(16-4)15(12-6-2)17-7-3/h14-16H,5-13H2,1-4H3. The van der Waals surface area contributed by atoms with Crippen LogP contribution in [0, 0.1) is 0 Å². The van der Waals surface area contributed by atoms with Gasteiger partial charge in [0.05, 0.1) is 6.10 Å². The van der Waals surface area contributed by atoms with E-state index < -0.39 is 0 Å². The summed E-state index contributed by atoms with van der Waals surface area (Å²) in [5.74, 6) is 0. The Hall–Kier alpha value is -0.0800. The van der Waals surface area contributed by atoms with E-state index in [9.17, 15) is 0 Å². The molecule has 0 saturated heterocycles. The smallest absolute Gasteiger partial charge is 0.0727 e. The summed E-state index contributed by atoms with van der Waals surface area (Å²) in [6.07, 6.45) is 10.8. The number of ether oxygens (including phenoxy) is 1. The Labute approximate surface area is 109 Å². The molecule has 2 atom stereocenters. The van der Waals surface area contributed by atoms with E-state index in [1.165, 1.54) is 51.4 Å². The van der Waals surface area contributed by atoms with Crippen molar-refractivity contribution in [1.29, 1.82) is 0 Å². The lowest BCUT2D eigenvalue weighted by Gasteiger charge is -2.26. The van der Waals surface area contributed by atoms with Crippen molar-refractivity contribution < 1.29 is 4.74 Å². The van der Waals surface area contributed by atoms with Crippen LogP contribution in [-0.4, -0.2) is 25.8 Å². The molecule has 2 unspecified atom stereocenters. The SMILES string of the molecule is CCCCCCCC(NC)C(CCC)OCC. The lowest BCUT2D eigenvalue weighted by atomic mass is 9.99. The van der Waals surface area contributed by atoms with Gasteiger partial charge in [0.1, 0.15) is 0 Å². The Balaban J connectivity index is 3.83. The van der Waals surface area contributed by atoms with Crippen molar-refractivity contribution in [1.82, 2.24) is 5.32 Å². The Bertz CT molecular complexity index is 144. The summed E-state index contributed by atoms with van der Waals surface area (Å²) in [4.78, 5) is 0. The first-order valence-electron chi connectivity index (χ1n) is 7.58. The first kappa shape index (κ1) is 16.9. The predicted octanol–water partition coefficient (Wildman–Crippen LogP) is 4.14. The summed E-state index contributed by atoms with van der Waals surface area (Å²) < 4.78 is 5.85. The second kappa shape index (κ2) is 12.4. The van der Waals surface area contributed by atoms with Crippen LogP contribution in [0.4, 0.5) is 0 Å². The van der Waals surface area contributed by atoms with Crippen molar-refractivity contribution in [2.24, 2.45) is 0 Å². The van der Waals surface area contributed by atoms with Crippen molar-refractivity contribution in [3.63, 3.8) is 0 Å². The van der Waals surface area contributed by atoms with Gasteiger partial charge in [-0.2, -0.15) is 0 Å². The summed E-state index contributed by atoms with van der Waals surface area (Å²) in [5, 5.41) is 3.44. The third-order valence-corrected chi connectivity index (χ3v) is 3.39. The number of rotatable bonds is 12. The van der Waals surface area contributed by atoms with E-state index in [-0.39, 0.29) is 0 Å². The third kappa shape index (κ3) is 8.62. The van der Waals surface area contributed by atoms with Crippen LogP contribution in [-0.2, 0) is 4.74 Å². The highest BCUT2D eigenvalue weighted by Gasteiger charge is 2.18. The molecule has 0 rings (SSSR count). The minimum atomic E-state index is 0.404. The molecular formula is C15H33NO. The van der Waals surface area contributed by atoms with Gasteiger partial charge in [-0.25, -0.2) is 0 Å². The van der Waals surface area contributed by atoms with Gasteiger partial charge in [-0.15, -0.1) is 0 Å². The van der Waals surface area contributed by atoms with Gasteiger partial charge >= 0.3 is 0 Å². The third-order valence-electron chi connectivity index (χ3n) is 3.39. The molecule has 2 nitrogen and oxygen atoms in total. The zero-order valence-corrected chi connectivity index (χ0v) is 12.4. The molecule has 0 aliphatic heterocycles. The van der Waals surface area contributed by atoms with Crippen LogP contribution in [0.25, 0.3) is 0 Å². The van der Waals surface area contributed by atoms with Gasteiger partial charge in [-0.05, 0) is 26.8 Å². The Morgan fingerprint density at radius 2 is 1.59 bits per heavy atom. The average Bonchev–Trinajstić information content (AvgIpc) is 2.34. The molecule has 0 aliphatic carbocycles. The predicted molar refractivity (Wildman–Crippen MR) is 76.5 cm³/mol. The highest BCUT2D eigenvalue weighted by atomic mass is 16.5. The van der Waals surface area contributed by atoms with Crippen LogP contribution < -0.4 is 5.32 Å². The first-order chi connectivity index (χ1) is 8.29. The highest BCUT2D eigenvalue weighted by Crippen LogP contribution is 2.14. The number of hydrogen-bond donors (Lipinski definition) is 1. The Morgan fingerprint density at radius 3 is 2.12 bits per heavy atom. The number of hydrogen-bond acceptors (Lipinski definition) is 2. The largest absolute Gasteiger partial charge is 0.377 e. The number of unbranched alkanes of at least 4 members (excludes halogenated alkanes) is 4. The lowest BCUT2D eigenvalue weighted by Crippen LogP contribution is -2.39. The molecular weight excluding hydrogens is 210 g/mol. The molecule has 1 N–H and O–H groups in total. The van der Waals surface area contributed by atoms with E-state index in [0.29, 0.717) is 12.1 Å². The maximum Gasteiger partial charge on any atom is 0.0727 e. The quantitative estimate of drug-likeness (QED) is 0.520. The fourth-order valence-electron chi connectivity index (χ4n) is 2.38. The Morgan fingerprint density at radius 1 is 0.882 bits per heavy atom. The zero-order chi connectivity index (χ0) is 12.9. The molecule has 0 aromatic rings. The highest BCUT2D eigenvalue weighted by molar-refractivity contribution is 4.75. The van der Waals surface area contributed by atoms with Crippen LogP contribution in [0.2, 0.25) is 0 Å². The van der Waals surface area contributed by atoms with E-state index in [2.05, 4.69) is 33.1 Å². The van der Waals surface area contributed by atoms with Crippen molar-refractivity contribution in [2.45, 2.75) is 84.3 Å². The van der Waals surface area contributed by atoms with Gasteiger partial charge in [0.15, 0.2) is 0 Å². The van der Waals surface area contributed by atoms with Gasteiger partial charge < -0.3 is 10.1 Å². The molecule has 0 radical (unpaired) electrons. The molecule has 17 heavy (non-hydrogen) atoms. The van der Waals surface area contributed by atoms with Crippen LogP contribution in [0.15, 0.2) is 0 Å². The van der Waals surface area contributed by atoms with Crippen molar-refractivity contribution >= 4 is 0 Å². The maximum atomic E-state index is 5.85. The summed E-state index contributed by atoms with van der Waals surface area (Å²) in [6, 6.07) is 0.538. The minimum Gasteiger partial charge on any atom is -0.377 e. The van der Waals surface area contributed by atoms with Gasteiger partial charge in [0.25, 0.3) is 0 Å². The molecule has 0 amide bonds. The van der Waals surface area contributed by atoms with Crippen molar-refractivity contribution in [2.75, 3.05) is 13.7 Å². The summed E-state index contributed by atoms with van der Waals surface area (Å²) in [5.41, 5.74) is 0. The molecule has 0 spiro atoms. The molecule has 0 fully saturated rings. The van der Waals surface area contributed by atoms with Crippen molar-refractivity contribution in [3.05, 3.63) is 0 Å². The molecule has 0 heterocycles. The van der Waals surface area contributed by atoms with Gasteiger partial charge in [-0.3, -0.25) is 0 Å². The summed E-state index contributed by atoms with van der Waals surface area (Å²) in [7, 11) is 2.07. The monoisotopic (exact) mass is 243 g/mol. The maximum absolute atomic E-state index is 5.85. The topological polar surface area (TPSA) is 21.3 Å². The van der Waals surface area contributed by atoms with Crippen LogP contribution in [0.5, 0.6) is 0 Å².